The molecule has 0 spiro atoms. The number of nitrogens with two attached hydrogens (primary N) is 1. The number of carbonyl (C=O) groups is 1. The third-order valence-electron chi connectivity index (χ3n) is 3.41. The van der Waals surface area contributed by atoms with Crippen LogP contribution in [0.25, 0.3) is 0 Å². The Morgan fingerprint density at radius 2 is 1.72 bits per heavy atom. The second-order valence-corrected chi connectivity index (χ2v) is 5.26. The first kappa shape index (κ1) is 18.0. The van der Waals surface area contributed by atoms with Gasteiger partial charge in [0.2, 0.25) is 0 Å². The van der Waals surface area contributed by atoms with E-state index in [1.54, 1.807) is 24.3 Å². The number of amidine groups is 1. The van der Waals surface area contributed by atoms with Crippen molar-refractivity contribution in [3.8, 4) is 5.75 Å². The third-order valence-corrected chi connectivity index (χ3v) is 3.41. The van der Waals surface area contributed by atoms with Crippen LogP contribution in [-0.4, -0.2) is 32.7 Å². The first-order chi connectivity index (χ1) is 11.9. The summed E-state index contributed by atoms with van der Waals surface area (Å²) in [5.74, 6) is -0.610. The van der Waals surface area contributed by atoms with E-state index in [0.717, 1.165) is 4.57 Å². The summed E-state index contributed by atoms with van der Waals surface area (Å²) in [5.41, 5.74) is 4.32. The lowest BCUT2D eigenvalue weighted by Gasteiger charge is -2.09. The summed E-state index contributed by atoms with van der Waals surface area (Å²) in [6.07, 6.45) is 3.14. The van der Waals surface area contributed by atoms with Gasteiger partial charge in [0.25, 0.3) is 0 Å². The number of nitrogen functional groups attached to an aromatic ring is 1. The van der Waals surface area contributed by atoms with Gasteiger partial charge in [0.15, 0.2) is 0 Å². The van der Waals surface area contributed by atoms with Gasteiger partial charge in [-0.05, 0) is 30.7 Å². The average Bonchev–Trinajstić information content (AvgIpc) is 2.57. The Bertz CT molecular complexity index is 883. The summed E-state index contributed by atoms with van der Waals surface area (Å²) in [6, 6.07) is 6.72. The molecule has 4 N–H and O–H groups in total. The van der Waals surface area contributed by atoms with Crippen LogP contribution >= 0.6 is 0 Å². The van der Waals surface area contributed by atoms with Gasteiger partial charge in [-0.25, -0.2) is 0 Å². The predicted molar refractivity (Wildman–Crippen MR) is 90.2 cm³/mol. The Balaban J connectivity index is 1.90. The number of aliphatic carboxylic acids is 1. The van der Waals surface area contributed by atoms with Crippen molar-refractivity contribution in [2.24, 2.45) is 5.73 Å². The third kappa shape index (κ3) is 4.80. The number of carboxylic acid groups (broad SMARTS) is 1. The summed E-state index contributed by atoms with van der Waals surface area (Å²) in [6.45, 7) is 0.0475. The van der Waals surface area contributed by atoms with Crippen LogP contribution in [0.2, 0.25) is 0 Å². The molecule has 0 unspecified atom stereocenters. The van der Waals surface area contributed by atoms with E-state index in [2.05, 4.69) is 0 Å². The van der Waals surface area contributed by atoms with Gasteiger partial charge < -0.3 is 20.1 Å². The molecule has 0 aliphatic rings. The van der Waals surface area contributed by atoms with Crippen LogP contribution in [0.4, 0.5) is 0 Å². The summed E-state index contributed by atoms with van der Waals surface area (Å²) in [7, 11) is 0. The SMILES string of the molecule is N=C(N)c1ccc(OCCCn2ccn(CC(=O)O)c(=O)c2=O)cc1. The molecule has 25 heavy (non-hydrogen) atoms. The number of aromatic nitrogens is 2. The number of ether oxygens (including phenoxy) is 1. The average molecular weight is 346 g/mol. The molecule has 0 radical (unpaired) electrons. The molecular formula is C16H18N4O5. The quantitative estimate of drug-likeness (QED) is 0.263. The number of benzene rings is 1. The number of hydrogen-bond acceptors (Lipinski definition) is 5. The van der Waals surface area contributed by atoms with Gasteiger partial charge in [-0.2, -0.15) is 0 Å². The number of nitrogens with zero attached hydrogens (tertiary/aromatic N) is 2. The monoisotopic (exact) mass is 346 g/mol. The fraction of sp³-hybridized carbons (Fsp3) is 0.250. The van der Waals surface area contributed by atoms with E-state index in [0.29, 0.717) is 24.3 Å². The molecule has 0 aliphatic heterocycles. The minimum absolute atomic E-state index is 0.0245. The Kier molecular flexibility index (Phi) is 5.72. The maximum Gasteiger partial charge on any atom is 0.323 e. The largest absolute Gasteiger partial charge is 0.494 e. The Labute approximate surface area is 142 Å². The van der Waals surface area contributed by atoms with Crippen LogP contribution in [-0.2, 0) is 17.9 Å². The maximum absolute atomic E-state index is 11.9. The topological polar surface area (TPSA) is 140 Å². The van der Waals surface area contributed by atoms with E-state index in [9.17, 15) is 14.4 Å². The van der Waals surface area contributed by atoms with Gasteiger partial charge in [0.05, 0.1) is 6.61 Å². The zero-order valence-corrected chi connectivity index (χ0v) is 13.3. The number of rotatable bonds is 8. The molecule has 9 heteroatoms. The van der Waals surface area contributed by atoms with Crippen molar-refractivity contribution in [3.05, 3.63) is 62.9 Å². The molecule has 0 saturated carbocycles. The molecule has 132 valence electrons. The number of hydrogen-bond donors (Lipinski definition) is 3. The predicted octanol–water partition coefficient (Wildman–Crippen LogP) is -0.152. The van der Waals surface area contributed by atoms with Gasteiger partial charge >= 0.3 is 17.1 Å². The van der Waals surface area contributed by atoms with Gasteiger partial charge in [-0.3, -0.25) is 24.4 Å². The lowest BCUT2D eigenvalue weighted by Crippen LogP contribution is -2.41. The fourth-order valence-electron chi connectivity index (χ4n) is 2.14. The van der Waals surface area contributed by atoms with Crippen LogP contribution in [0.3, 0.4) is 0 Å². The van der Waals surface area contributed by atoms with Crippen LogP contribution in [0, 0.1) is 5.41 Å². The molecule has 9 nitrogen and oxygen atoms in total. The maximum atomic E-state index is 11.9. The highest BCUT2D eigenvalue weighted by atomic mass is 16.5. The minimum Gasteiger partial charge on any atom is -0.494 e. The van der Waals surface area contributed by atoms with E-state index in [-0.39, 0.29) is 12.4 Å². The lowest BCUT2D eigenvalue weighted by atomic mass is 10.2. The molecule has 0 atom stereocenters. The highest BCUT2D eigenvalue weighted by Gasteiger charge is 2.07. The summed E-state index contributed by atoms with van der Waals surface area (Å²) in [5, 5.41) is 16.0. The van der Waals surface area contributed by atoms with Gasteiger partial charge in [0.1, 0.15) is 18.1 Å². The van der Waals surface area contributed by atoms with Gasteiger partial charge in [-0.15, -0.1) is 0 Å². The first-order valence-corrected chi connectivity index (χ1v) is 7.47. The molecule has 0 saturated heterocycles. The van der Waals surface area contributed by atoms with E-state index >= 15 is 0 Å². The van der Waals surface area contributed by atoms with Crippen molar-refractivity contribution in [1.82, 2.24) is 9.13 Å². The van der Waals surface area contributed by atoms with Crippen molar-refractivity contribution in [2.75, 3.05) is 6.61 Å². The smallest absolute Gasteiger partial charge is 0.323 e. The molecule has 1 aromatic carbocycles. The lowest BCUT2D eigenvalue weighted by molar-refractivity contribution is -0.137. The van der Waals surface area contributed by atoms with Crippen molar-refractivity contribution >= 4 is 11.8 Å². The summed E-state index contributed by atoms with van der Waals surface area (Å²) < 4.78 is 7.60. The van der Waals surface area contributed by atoms with Crippen molar-refractivity contribution in [1.29, 1.82) is 5.41 Å². The Morgan fingerprint density at radius 3 is 2.32 bits per heavy atom. The normalized spacial score (nSPS) is 10.4. The second-order valence-electron chi connectivity index (χ2n) is 5.26. The second kappa shape index (κ2) is 7.95. The van der Waals surface area contributed by atoms with Crippen molar-refractivity contribution in [3.63, 3.8) is 0 Å². The number of aryl methyl sites for hydroxylation is 1. The van der Waals surface area contributed by atoms with Crippen LogP contribution in [0.1, 0.15) is 12.0 Å². The van der Waals surface area contributed by atoms with Crippen LogP contribution < -0.4 is 21.6 Å². The molecule has 2 rings (SSSR count). The first-order valence-electron chi connectivity index (χ1n) is 7.47. The molecule has 1 heterocycles. The molecule has 0 amide bonds. The van der Waals surface area contributed by atoms with Crippen molar-refractivity contribution in [2.45, 2.75) is 19.5 Å². The molecular weight excluding hydrogens is 328 g/mol. The van der Waals surface area contributed by atoms with Crippen LogP contribution in [0.5, 0.6) is 5.75 Å². The molecule has 2 aromatic rings. The van der Waals surface area contributed by atoms with Crippen LogP contribution in [0.15, 0.2) is 46.2 Å². The standard InChI is InChI=1S/C16H18N4O5/c17-14(18)11-2-4-12(5-3-11)25-9-1-6-19-7-8-20(10-13(21)22)16(24)15(19)23/h2-5,7-8H,1,6,9-10H2,(H3,17,18)(H,21,22). The number of nitrogens with one attached hydrogen (secondary N) is 1. The highest BCUT2D eigenvalue weighted by Crippen LogP contribution is 2.12. The van der Waals surface area contributed by atoms with E-state index in [1.165, 1.54) is 17.0 Å². The van der Waals surface area contributed by atoms with Crippen molar-refractivity contribution < 1.29 is 14.6 Å². The molecule has 0 aliphatic carbocycles. The van der Waals surface area contributed by atoms with E-state index < -0.39 is 23.6 Å². The molecule has 1 aromatic heterocycles. The van der Waals surface area contributed by atoms with E-state index in [4.69, 9.17) is 21.0 Å². The van der Waals surface area contributed by atoms with Gasteiger partial charge in [0, 0.05) is 24.5 Å². The summed E-state index contributed by atoms with van der Waals surface area (Å²) in [4.78, 5) is 34.3. The molecule has 0 fully saturated rings. The Hall–Kier alpha value is -3.36. The van der Waals surface area contributed by atoms with Gasteiger partial charge in [-0.1, -0.05) is 0 Å². The zero-order valence-electron chi connectivity index (χ0n) is 13.3. The number of carboxylic acids is 1. The summed E-state index contributed by atoms with van der Waals surface area (Å²) >= 11 is 0. The fourth-order valence-corrected chi connectivity index (χ4v) is 2.14. The minimum atomic E-state index is -1.19. The molecule has 0 bridgehead atoms. The highest BCUT2D eigenvalue weighted by molar-refractivity contribution is 5.94. The Morgan fingerprint density at radius 1 is 1.12 bits per heavy atom. The zero-order chi connectivity index (χ0) is 18.4. The van der Waals surface area contributed by atoms with E-state index in [1.807, 2.05) is 0 Å².